The molecule has 1 heterocycles. The minimum Gasteiger partial charge on any atom is -0.508 e. The summed E-state index contributed by atoms with van der Waals surface area (Å²) in [6.45, 7) is 2.89. The maximum absolute atomic E-state index is 13.5. The van der Waals surface area contributed by atoms with Crippen LogP contribution in [0.25, 0.3) is 33.4 Å². The number of anilines is 3. The number of aromatic hydroxyl groups is 1. The number of phenols is 1. The number of hydrogen-bond acceptors (Lipinski definition) is 7. The number of piperidine rings is 1. The number of hydrogen-bond donors (Lipinski definition) is 5. The molecular formula is C49H49N5O5. The Balaban J connectivity index is 0.882. The molecule has 6 aromatic carbocycles. The minimum absolute atomic E-state index is 0.123. The third-order valence-corrected chi connectivity index (χ3v) is 10.4. The molecule has 0 radical (unpaired) electrons. The molecule has 1 aliphatic rings. The number of phenolic OH excluding ortho intramolecular Hbond substituents is 1. The van der Waals surface area contributed by atoms with E-state index in [0.29, 0.717) is 69.0 Å². The molecule has 0 aliphatic carbocycles. The molecule has 0 bridgehead atoms. The average Bonchev–Trinajstić information content (AvgIpc) is 3.26. The van der Waals surface area contributed by atoms with Gasteiger partial charge in [-0.2, -0.15) is 0 Å². The molecule has 10 nitrogen and oxygen atoms in total. The minimum atomic E-state index is -0.495. The topological polar surface area (TPSA) is 132 Å². The maximum Gasteiger partial charge on any atom is 0.411 e. The van der Waals surface area contributed by atoms with Crippen molar-refractivity contribution in [2.75, 3.05) is 42.1 Å². The van der Waals surface area contributed by atoms with E-state index in [1.165, 1.54) is 0 Å². The summed E-state index contributed by atoms with van der Waals surface area (Å²) >= 11 is 0. The number of nitrogens with one attached hydrogen (secondary N) is 4. The molecule has 59 heavy (non-hydrogen) atoms. The van der Waals surface area contributed by atoms with Crippen molar-refractivity contribution in [3.05, 3.63) is 157 Å². The number of carbonyl (C=O) groups excluding carboxylic acids is 3. The van der Waals surface area contributed by atoms with Gasteiger partial charge >= 0.3 is 6.09 Å². The van der Waals surface area contributed by atoms with Crippen molar-refractivity contribution in [2.24, 2.45) is 0 Å². The molecule has 0 spiro atoms. The van der Waals surface area contributed by atoms with E-state index in [2.05, 4.69) is 68.6 Å². The lowest BCUT2D eigenvalue weighted by molar-refractivity contribution is -0.117. The summed E-state index contributed by atoms with van der Waals surface area (Å²) in [5, 5.41) is 22.0. The number of nitrogens with zero attached hydrogens (tertiary/aromatic N) is 1. The predicted octanol–water partition coefficient (Wildman–Crippen LogP) is 9.55. The van der Waals surface area contributed by atoms with Gasteiger partial charge in [0.25, 0.3) is 0 Å². The third kappa shape index (κ3) is 11.2. The van der Waals surface area contributed by atoms with Crippen LogP contribution in [0.4, 0.5) is 21.9 Å². The van der Waals surface area contributed by atoms with E-state index in [9.17, 15) is 19.5 Å². The predicted molar refractivity (Wildman–Crippen MR) is 235 cm³/mol. The Kier molecular flexibility index (Phi) is 13.8. The second kappa shape index (κ2) is 20.1. The first kappa shape index (κ1) is 40.4. The first-order chi connectivity index (χ1) is 28.9. The van der Waals surface area contributed by atoms with Crippen LogP contribution in [-0.4, -0.2) is 60.2 Å². The van der Waals surface area contributed by atoms with Gasteiger partial charge < -0.3 is 30.7 Å². The van der Waals surface area contributed by atoms with Crippen LogP contribution in [-0.2, 0) is 20.9 Å². The first-order valence-corrected chi connectivity index (χ1v) is 20.1. The van der Waals surface area contributed by atoms with Gasteiger partial charge in [0.2, 0.25) is 11.8 Å². The molecule has 0 unspecified atom stereocenters. The first-order valence-electron chi connectivity index (χ1n) is 20.1. The largest absolute Gasteiger partial charge is 0.508 e. The number of amides is 3. The van der Waals surface area contributed by atoms with Gasteiger partial charge in [-0.05, 0) is 71.0 Å². The Morgan fingerprint density at radius 3 is 1.88 bits per heavy atom. The van der Waals surface area contributed by atoms with Gasteiger partial charge in [0, 0.05) is 68.1 Å². The summed E-state index contributed by atoms with van der Waals surface area (Å²) in [6, 6.07) is 48.8. The smallest absolute Gasteiger partial charge is 0.411 e. The summed E-state index contributed by atoms with van der Waals surface area (Å²) in [4.78, 5) is 41.1. The second-order valence-electron chi connectivity index (χ2n) is 14.6. The highest BCUT2D eigenvalue weighted by molar-refractivity contribution is 6.01. The van der Waals surface area contributed by atoms with E-state index in [4.69, 9.17) is 4.74 Å². The summed E-state index contributed by atoms with van der Waals surface area (Å²) in [5.41, 5.74) is 8.77. The lowest BCUT2D eigenvalue weighted by atomic mass is 9.88. The van der Waals surface area contributed by atoms with Crippen molar-refractivity contribution < 1.29 is 24.2 Å². The molecule has 0 aromatic heterocycles. The van der Waals surface area contributed by atoms with E-state index in [-0.39, 0.29) is 30.1 Å². The van der Waals surface area contributed by atoms with Gasteiger partial charge in [-0.3, -0.25) is 14.9 Å². The number of carbonyl (C=O) groups is 3. The van der Waals surface area contributed by atoms with Gasteiger partial charge in [-0.1, -0.05) is 121 Å². The van der Waals surface area contributed by atoms with Crippen LogP contribution in [0.3, 0.4) is 0 Å². The summed E-state index contributed by atoms with van der Waals surface area (Å²) in [7, 11) is 0. The Morgan fingerprint density at radius 2 is 1.19 bits per heavy atom. The van der Waals surface area contributed by atoms with Gasteiger partial charge in [-0.15, -0.1) is 0 Å². The van der Waals surface area contributed by atoms with Crippen molar-refractivity contribution in [3.63, 3.8) is 0 Å². The molecule has 7 rings (SSSR count). The van der Waals surface area contributed by atoms with Crippen molar-refractivity contribution in [1.29, 1.82) is 0 Å². The Labute approximate surface area is 345 Å². The number of ether oxygens (including phenoxy) is 1. The summed E-state index contributed by atoms with van der Waals surface area (Å²) in [5.74, 6) is -0.0606. The van der Waals surface area contributed by atoms with E-state index in [1.807, 2.05) is 72.8 Å². The Hall–Kier alpha value is -6.75. The third-order valence-electron chi connectivity index (χ3n) is 10.4. The highest BCUT2D eigenvalue weighted by atomic mass is 16.6. The zero-order valence-corrected chi connectivity index (χ0v) is 32.9. The number of para-hydroxylation sites is 1. The molecule has 3 amide bonds. The molecule has 1 fully saturated rings. The van der Waals surface area contributed by atoms with Crippen molar-refractivity contribution in [2.45, 2.75) is 38.3 Å². The van der Waals surface area contributed by atoms with Gasteiger partial charge in [0.05, 0.1) is 5.69 Å². The fraction of sp³-hybridized carbons (Fsp3) is 0.204. The SMILES string of the molecule is O=C(CCNCc1ccccc1O)Nc1cccc(NC(=O)CCN2CCC(OC(=O)Nc3cccc(-c4ccccc4)c3-c3ccccc3-c3ccccc3)CC2)c1. The summed E-state index contributed by atoms with van der Waals surface area (Å²) in [6.07, 6.45) is 1.14. The average molecular weight is 788 g/mol. The molecule has 1 saturated heterocycles. The summed E-state index contributed by atoms with van der Waals surface area (Å²) < 4.78 is 5.99. The van der Waals surface area contributed by atoms with Gasteiger partial charge in [-0.25, -0.2) is 4.79 Å². The zero-order valence-electron chi connectivity index (χ0n) is 32.9. The monoisotopic (exact) mass is 787 g/mol. The molecule has 6 aromatic rings. The van der Waals surface area contributed by atoms with Crippen LogP contribution in [0.1, 0.15) is 31.2 Å². The number of rotatable bonds is 15. The fourth-order valence-electron chi connectivity index (χ4n) is 7.38. The van der Waals surface area contributed by atoms with Crippen LogP contribution in [0, 0.1) is 0 Å². The van der Waals surface area contributed by atoms with Crippen LogP contribution in [0.2, 0.25) is 0 Å². The second-order valence-corrected chi connectivity index (χ2v) is 14.6. The van der Waals surface area contributed by atoms with E-state index < -0.39 is 6.09 Å². The van der Waals surface area contributed by atoms with E-state index in [1.54, 1.807) is 36.4 Å². The molecule has 5 N–H and O–H groups in total. The van der Waals surface area contributed by atoms with Gasteiger partial charge in [0.15, 0.2) is 0 Å². The lowest BCUT2D eigenvalue weighted by Crippen LogP contribution is -2.39. The molecule has 0 saturated carbocycles. The lowest BCUT2D eigenvalue weighted by Gasteiger charge is -2.31. The standard InChI is InChI=1S/C49H49N5O5/c55-45-24-10-7-17-37(45)34-50-29-25-46(56)51-38-18-11-19-39(33-38)52-47(57)28-32-54-30-26-40(27-31-54)59-49(58)53-44-23-12-22-42(36-15-5-2-6-16-36)48(44)43-21-9-8-20-41(43)35-13-3-1-4-14-35/h1-24,33,40,50,55H,25-32,34H2,(H,51,56)(H,52,57)(H,53,58). The fourth-order valence-corrected chi connectivity index (χ4v) is 7.38. The van der Waals surface area contributed by atoms with Crippen molar-refractivity contribution in [3.8, 4) is 39.1 Å². The normalized spacial score (nSPS) is 13.0. The highest BCUT2D eigenvalue weighted by Gasteiger charge is 2.24. The maximum atomic E-state index is 13.5. The van der Waals surface area contributed by atoms with Crippen molar-refractivity contribution >= 4 is 35.0 Å². The highest BCUT2D eigenvalue weighted by Crippen LogP contribution is 2.42. The molecule has 0 atom stereocenters. The van der Waals surface area contributed by atoms with Crippen LogP contribution in [0.15, 0.2) is 152 Å². The van der Waals surface area contributed by atoms with E-state index >= 15 is 0 Å². The van der Waals surface area contributed by atoms with Crippen LogP contribution < -0.4 is 21.3 Å². The van der Waals surface area contributed by atoms with Crippen LogP contribution in [0.5, 0.6) is 5.75 Å². The number of benzene rings is 6. The van der Waals surface area contributed by atoms with Crippen molar-refractivity contribution in [1.82, 2.24) is 10.2 Å². The molecule has 300 valence electrons. The molecule has 10 heteroatoms. The van der Waals surface area contributed by atoms with E-state index in [0.717, 1.165) is 38.9 Å². The zero-order chi connectivity index (χ0) is 40.8. The van der Waals surface area contributed by atoms with Gasteiger partial charge in [0.1, 0.15) is 11.9 Å². The molecule has 1 aliphatic heterocycles. The van der Waals surface area contributed by atoms with Crippen LogP contribution >= 0.6 is 0 Å². The Morgan fingerprint density at radius 1 is 0.610 bits per heavy atom. The number of likely N-dealkylation sites (tertiary alicyclic amines) is 1. The quantitative estimate of drug-likeness (QED) is 0.0656. The molecular weight excluding hydrogens is 739 g/mol. The Bertz CT molecular complexity index is 2340.